The summed E-state index contributed by atoms with van der Waals surface area (Å²) >= 11 is 5.91. The van der Waals surface area contributed by atoms with Gasteiger partial charge in [-0.05, 0) is 31.4 Å². The molecule has 0 saturated carbocycles. The summed E-state index contributed by atoms with van der Waals surface area (Å²) in [6.07, 6.45) is 1.64. The number of hydrogen-bond acceptors (Lipinski definition) is 5. The van der Waals surface area contributed by atoms with Gasteiger partial charge in [0.2, 0.25) is 10.0 Å². The van der Waals surface area contributed by atoms with E-state index in [0.29, 0.717) is 19.6 Å². The summed E-state index contributed by atoms with van der Waals surface area (Å²) in [6.45, 7) is 1.19. The van der Waals surface area contributed by atoms with Crippen LogP contribution >= 0.6 is 11.6 Å². The smallest absolute Gasteiger partial charge is 0.271 e. The fraction of sp³-hybridized carbons (Fsp3) is 0.500. The quantitative estimate of drug-likeness (QED) is 0.665. The normalized spacial score (nSPS) is 20.4. The number of benzene rings is 1. The van der Waals surface area contributed by atoms with Crippen LogP contribution < -0.4 is 5.73 Å². The van der Waals surface area contributed by atoms with E-state index in [4.69, 9.17) is 17.3 Å². The first-order chi connectivity index (χ1) is 9.86. The second kappa shape index (κ2) is 6.27. The minimum absolute atomic E-state index is 0.104. The van der Waals surface area contributed by atoms with Crippen LogP contribution in [0.2, 0.25) is 5.02 Å². The number of rotatable bonds is 4. The molecule has 0 bridgehead atoms. The first-order valence-corrected chi connectivity index (χ1v) is 8.32. The Kier molecular flexibility index (Phi) is 4.82. The summed E-state index contributed by atoms with van der Waals surface area (Å²) in [5, 5.41) is 10.5. The fourth-order valence-electron chi connectivity index (χ4n) is 2.39. The molecule has 1 fully saturated rings. The fourth-order valence-corrected chi connectivity index (χ4v) is 4.46. The number of nitro groups is 1. The van der Waals surface area contributed by atoms with Crippen LogP contribution in [0.4, 0.5) is 5.69 Å². The van der Waals surface area contributed by atoms with Crippen molar-refractivity contribution in [2.24, 2.45) is 11.7 Å². The zero-order valence-electron chi connectivity index (χ0n) is 11.2. The van der Waals surface area contributed by atoms with Gasteiger partial charge in [0.1, 0.15) is 4.90 Å². The van der Waals surface area contributed by atoms with Crippen LogP contribution in [0.15, 0.2) is 23.1 Å². The van der Waals surface area contributed by atoms with Crippen molar-refractivity contribution < 1.29 is 13.3 Å². The number of nitrogens with zero attached hydrogens (tertiary/aromatic N) is 2. The molecule has 1 aromatic rings. The Labute approximate surface area is 127 Å². The standard InChI is InChI=1S/C12H16ClN3O4S/c13-11-6-10(16(17)18)3-4-12(11)21(19,20)15-5-1-2-9(7-14)8-15/h3-4,6,9H,1-2,5,7-8,14H2. The molecule has 1 aliphatic heterocycles. The van der Waals surface area contributed by atoms with Crippen LogP contribution in [-0.2, 0) is 10.0 Å². The average Bonchev–Trinajstić information content (AvgIpc) is 2.46. The zero-order chi connectivity index (χ0) is 15.6. The highest BCUT2D eigenvalue weighted by Gasteiger charge is 2.31. The second-order valence-corrected chi connectivity index (χ2v) is 7.29. The molecule has 116 valence electrons. The maximum atomic E-state index is 12.6. The Bertz CT molecular complexity index is 650. The molecule has 0 aromatic heterocycles. The van der Waals surface area contributed by atoms with Crippen molar-refractivity contribution in [3.8, 4) is 0 Å². The predicted octanol–water partition coefficient (Wildman–Crippen LogP) is 1.61. The zero-order valence-corrected chi connectivity index (χ0v) is 12.8. The van der Waals surface area contributed by atoms with Crippen molar-refractivity contribution in [1.29, 1.82) is 0 Å². The van der Waals surface area contributed by atoms with Crippen molar-refractivity contribution in [3.05, 3.63) is 33.3 Å². The number of non-ortho nitro benzene ring substituents is 1. The third-order valence-electron chi connectivity index (χ3n) is 3.56. The molecule has 7 nitrogen and oxygen atoms in total. The maximum absolute atomic E-state index is 12.6. The van der Waals surface area contributed by atoms with Gasteiger partial charge in [0.05, 0.1) is 9.95 Å². The third-order valence-corrected chi connectivity index (χ3v) is 5.91. The number of piperidine rings is 1. The van der Waals surface area contributed by atoms with Gasteiger partial charge >= 0.3 is 0 Å². The lowest BCUT2D eigenvalue weighted by atomic mass is 10.0. The molecule has 1 aromatic carbocycles. The minimum atomic E-state index is -3.75. The summed E-state index contributed by atoms with van der Waals surface area (Å²) in [6, 6.07) is 3.38. The van der Waals surface area contributed by atoms with E-state index in [1.54, 1.807) is 0 Å². The van der Waals surface area contributed by atoms with E-state index in [0.717, 1.165) is 25.0 Å². The number of nitro benzene ring substituents is 1. The molecule has 2 N–H and O–H groups in total. The third kappa shape index (κ3) is 3.34. The molecule has 21 heavy (non-hydrogen) atoms. The maximum Gasteiger partial charge on any atom is 0.271 e. The average molecular weight is 334 g/mol. The van der Waals surface area contributed by atoms with Crippen LogP contribution in [-0.4, -0.2) is 37.3 Å². The first-order valence-electron chi connectivity index (χ1n) is 6.50. The summed E-state index contributed by atoms with van der Waals surface area (Å²) in [5.41, 5.74) is 5.37. The van der Waals surface area contributed by atoms with Crippen LogP contribution in [0.25, 0.3) is 0 Å². The lowest BCUT2D eigenvalue weighted by molar-refractivity contribution is -0.384. The van der Waals surface area contributed by atoms with E-state index in [1.165, 1.54) is 10.4 Å². The molecule has 0 amide bonds. The SMILES string of the molecule is NCC1CCCN(S(=O)(=O)c2ccc([N+](=O)[O-])cc2Cl)C1. The van der Waals surface area contributed by atoms with E-state index < -0.39 is 14.9 Å². The number of halogens is 1. The Hall–Kier alpha value is -1.22. The molecule has 0 radical (unpaired) electrons. The van der Waals surface area contributed by atoms with Crippen LogP contribution in [0, 0.1) is 16.0 Å². The van der Waals surface area contributed by atoms with E-state index >= 15 is 0 Å². The van der Waals surface area contributed by atoms with Gasteiger partial charge in [-0.25, -0.2) is 8.42 Å². The Morgan fingerprint density at radius 2 is 2.19 bits per heavy atom. The van der Waals surface area contributed by atoms with Gasteiger partial charge in [-0.15, -0.1) is 0 Å². The largest absolute Gasteiger partial charge is 0.330 e. The van der Waals surface area contributed by atoms with Crippen molar-refractivity contribution in [1.82, 2.24) is 4.31 Å². The Morgan fingerprint density at radius 3 is 2.76 bits per heavy atom. The van der Waals surface area contributed by atoms with Gasteiger partial charge in [0.15, 0.2) is 0 Å². The van der Waals surface area contributed by atoms with E-state index in [1.807, 2.05) is 0 Å². The molecular formula is C12H16ClN3O4S. The summed E-state index contributed by atoms with van der Waals surface area (Å²) in [7, 11) is -3.75. The van der Waals surface area contributed by atoms with E-state index in [9.17, 15) is 18.5 Å². The molecule has 1 aliphatic rings. The van der Waals surface area contributed by atoms with Gasteiger partial charge in [-0.2, -0.15) is 4.31 Å². The van der Waals surface area contributed by atoms with Crippen LogP contribution in [0.5, 0.6) is 0 Å². The number of hydrogen-bond donors (Lipinski definition) is 1. The van der Waals surface area contributed by atoms with Gasteiger partial charge in [0, 0.05) is 25.2 Å². The summed E-state index contributed by atoms with van der Waals surface area (Å²) in [4.78, 5) is 9.95. The van der Waals surface area contributed by atoms with Crippen molar-refractivity contribution >= 4 is 27.3 Å². The highest BCUT2D eigenvalue weighted by molar-refractivity contribution is 7.89. The number of nitrogens with two attached hydrogens (primary N) is 1. The molecule has 1 unspecified atom stereocenters. The summed E-state index contributed by atoms with van der Waals surface area (Å²) in [5.74, 6) is 0.130. The van der Waals surface area contributed by atoms with Crippen LogP contribution in [0.1, 0.15) is 12.8 Å². The Balaban J connectivity index is 2.33. The van der Waals surface area contributed by atoms with E-state index in [-0.39, 0.29) is 21.5 Å². The molecule has 0 aliphatic carbocycles. The van der Waals surface area contributed by atoms with Gasteiger partial charge < -0.3 is 5.73 Å². The summed E-state index contributed by atoms with van der Waals surface area (Å²) < 4.78 is 26.5. The lowest BCUT2D eigenvalue weighted by Crippen LogP contribution is -2.42. The molecule has 0 spiro atoms. The molecule has 9 heteroatoms. The molecule has 1 saturated heterocycles. The van der Waals surface area contributed by atoms with Crippen LogP contribution in [0.3, 0.4) is 0 Å². The molecule has 2 rings (SSSR count). The van der Waals surface area contributed by atoms with Crippen molar-refractivity contribution in [2.45, 2.75) is 17.7 Å². The minimum Gasteiger partial charge on any atom is -0.330 e. The highest BCUT2D eigenvalue weighted by Crippen LogP contribution is 2.30. The predicted molar refractivity (Wildman–Crippen MR) is 78.6 cm³/mol. The van der Waals surface area contributed by atoms with Gasteiger partial charge in [0.25, 0.3) is 5.69 Å². The first kappa shape index (κ1) is 16.2. The topological polar surface area (TPSA) is 107 Å². The second-order valence-electron chi connectivity index (χ2n) is 4.98. The van der Waals surface area contributed by atoms with Gasteiger partial charge in [-0.3, -0.25) is 10.1 Å². The van der Waals surface area contributed by atoms with E-state index in [2.05, 4.69) is 0 Å². The molecule has 1 heterocycles. The Morgan fingerprint density at radius 1 is 1.48 bits per heavy atom. The molecular weight excluding hydrogens is 318 g/mol. The van der Waals surface area contributed by atoms with Crippen molar-refractivity contribution in [2.75, 3.05) is 19.6 Å². The highest BCUT2D eigenvalue weighted by atomic mass is 35.5. The monoisotopic (exact) mass is 333 g/mol. The number of sulfonamides is 1. The molecule has 1 atom stereocenters. The lowest BCUT2D eigenvalue weighted by Gasteiger charge is -2.31. The van der Waals surface area contributed by atoms with Gasteiger partial charge in [-0.1, -0.05) is 11.6 Å². The van der Waals surface area contributed by atoms with Crippen molar-refractivity contribution in [3.63, 3.8) is 0 Å².